The van der Waals surface area contributed by atoms with E-state index >= 15 is 0 Å². The van der Waals surface area contributed by atoms with Gasteiger partial charge in [0.05, 0.1) is 17.3 Å². The third-order valence-corrected chi connectivity index (χ3v) is 4.61. The zero-order chi connectivity index (χ0) is 14.3. The number of ether oxygens (including phenoxy) is 2. The summed E-state index contributed by atoms with van der Waals surface area (Å²) in [6, 6.07) is 6.61. The van der Waals surface area contributed by atoms with E-state index in [-0.39, 0.29) is 11.2 Å². The van der Waals surface area contributed by atoms with Crippen LogP contribution in [0.3, 0.4) is 0 Å². The molecule has 0 atom stereocenters. The molecule has 2 aromatic rings. The molecular formula is C13H14N2O4S. The number of hydrogen-bond acceptors (Lipinski definition) is 5. The van der Waals surface area contributed by atoms with Crippen LogP contribution >= 0.6 is 0 Å². The van der Waals surface area contributed by atoms with E-state index in [0.29, 0.717) is 5.56 Å². The average Bonchev–Trinajstić information content (AvgIpc) is 2.85. The molecule has 6 nitrogen and oxygen atoms in total. The largest absolute Gasteiger partial charge is 0.319 e. The molecule has 1 saturated heterocycles. The monoisotopic (exact) mass is 294 g/mol. The average molecular weight is 294 g/mol. The SMILES string of the molecule is Cc1ccc(S(=O)(=O)n2cc(C3OC(C)O3)cn2)cc1. The van der Waals surface area contributed by atoms with Gasteiger partial charge in [0.25, 0.3) is 10.0 Å². The van der Waals surface area contributed by atoms with Crippen LogP contribution in [0.4, 0.5) is 0 Å². The Morgan fingerprint density at radius 3 is 2.45 bits per heavy atom. The predicted molar refractivity (Wildman–Crippen MR) is 70.4 cm³/mol. The van der Waals surface area contributed by atoms with E-state index in [4.69, 9.17) is 9.47 Å². The van der Waals surface area contributed by atoms with Crippen molar-refractivity contribution < 1.29 is 17.9 Å². The van der Waals surface area contributed by atoms with Crippen LogP contribution in [-0.2, 0) is 19.5 Å². The Labute approximate surface area is 117 Å². The highest BCUT2D eigenvalue weighted by Crippen LogP contribution is 2.31. The zero-order valence-electron chi connectivity index (χ0n) is 11.1. The van der Waals surface area contributed by atoms with E-state index in [1.54, 1.807) is 31.2 Å². The molecule has 7 heteroatoms. The van der Waals surface area contributed by atoms with Gasteiger partial charge in [0, 0.05) is 5.56 Å². The third kappa shape index (κ3) is 2.24. The van der Waals surface area contributed by atoms with Crippen LogP contribution in [0.25, 0.3) is 0 Å². The Kier molecular flexibility index (Phi) is 3.12. The van der Waals surface area contributed by atoms with Crippen molar-refractivity contribution in [2.75, 3.05) is 0 Å². The van der Waals surface area contributed by atoms with Crippen molar-refractivity contribution >= 4 is 10.0 Å². The summed E-state index contributed by atoms with van der Waals surface area (Å²) >= 11 is 0. The molecule has 2 heterocycles. The lowest BCUT2D eigenvalue weighted by atomic mass is 10.2. The van der Waals surface area contributed by atoms with Gasteiger partial charge in [-0.25, -0.2) is 0 Å². The van der Waals surface area contributed by atoms with Crippen molar-refractivity contribution in [3.05, 3.63) is 47.8 Å². The maximum atomic E-state index is 12.4. The topological polar surface area (TPSA) is 70.4 Å². The Hall–Kier alpha value is -1.70. The van der Waals surface area contributed by atoms with Crippen molar-refractivity contribution in [1.29, 1.82) is 0 Å². The molecule has 0 unspecified atom stereocenters. The first kappa shape index (κ1) is 13.3. The second kappa shape index (κ2) is 4.69. The quantitative estimate of drug-likeness (QED) is 0.863. The van der Waals surface area contributed by atoms with Crippen LogP contribution < -0.4 is 0 Å². The van der Waals surface area contributed by atoms with Gasteiger partial charge >= 0.3 is 0 Å². The zero-order valence-corrected chi connectivity index (χ0v) is 11.9. The van der Waals surface area contributed by atoms with Crippen molar-refractivity contribution in [3.8, 4) is 0 Å². The number of hydrogen-bond donors (Lipinski definition) is 0. The number of nitrogens with zero attached hydrogens (tertiary/aromatic N) is 2. The third-order valence-electron chi connectivity index (χ3n) is 3.05. The van der Waals surface area contributed by atoms with E-state index in [9.17, 15) is 8.42 Å². The molecule has 0 bridgehead atoms. The summed E-state index contributed by atoms with van der Waals surface area (Å²) < 4.78 is 36.3. The molecular weight excluding hydrogens is 280 g/mol. The molecule has 1 aliphatic heterocycles. The Balaban J connectivity index is 1.90. The van der Waals surface area contributed by atoms with Crippen LogP contribution in [0.2, 0.25) is 0 Å². The van der Waals surface area contributed by atoms with Crippen LogP contribution in [-0.4, -0.2) is 23.9 Å². The minimum Gasteiger partial charge on any atom is -0.319 e. The summed E-state index contributed by atoms with van der Waals surface area (Å²) in [6.45, 7) is 3.67. The first-order valence-corrected chi connectivity index (χ1v) is 7.58. The number of rotatable bonds is 3. The van der Waals surface area contributed by atoms with Gasteiger partial charge in [0.1, 0.15) is 0 Å². The highest BCUT2D eigenvalue weighted by Gasteiger charge is 2.30. The highest BCUT2D eigenvalue weighted by atomic mass is 32.2. The molecule has 0 N–H and O–H groups in total. The molecule has 0 radical (unpaired) electrons. The molecule has 0 saturated carbocycles. The smallest absolute Gasteiger partial charge is 0.282 e. The lowest BCUT2D eigenvalue weighted by Crippen LogP contribution is -2.31. The van der Waals surface area contributed by atoms with Gasteiger partial charge < -0.3 is 9.47 Å². The number of benzene rings is 1. The molecule has 106 valence electrons. The van der Waals surface area contributed by atoms with Gasteiger partial charge in [-0.3, -0.25) is 0 Å². The lowest BCUT2D eigenvalue weighted by Gasteiger charge is -2.32. The number of aromatic nitrogens is 2. The fourth-order valence-electron chi connectivity index (χ4n) is 1.90. The summed E-state index contributed by atoms with van der Waals surface area (Å²) in [4.78, 5) is 0.196. The minimum atomic E-state index is -3.67. The first-order valence-electron chi connectivity index (χ1n) is 6.14. The normalized spacial score (nSPS) is 22.5. The van der Waals surface area contributed by atoms with E-state index in [1.165, 1.54) is 12.4 Å². The molecule has 0 aliphatic carbocycles. The van der Waals surface area contributed by atoms with E-state index in [0.717, 1.165) is 9.65 Å². The molecule has 1 aliphatic rings. The van der Waals surface area contributed by atoms with E-state index in [1.807, 2.05) is 6.92 Å². The molecule has 1 fully saturated rings. The molecule has 20 heavy (non-hydrogen) atoms. The van der Waals surface area contributed by atoms with Gasteiger partial charge in [-0.1, -0.05) is 17.7 Å². The molecule has 1 aromatic heterocycles. The summed E-state index contributed by atoms with van der Waals surface area (Å²) in [5.74, 6) is 0. The van der Waals surface area contributed by atoms with Crippen LogP contribution in [0, 0.1) is 6.92 Å². The summed E-state index contributed by atoms with van der Waals surface area (Å²) in [5, 5.41) is 3.88. The molecule has 1 aromatic carbocycles. The van der Waals surface area contributed by atoms with Crippen molar-refractivity contribution in [1.82, 2.24) is 9.19 Å². The Morgan fingerprint density at radius 1 is 1.20 bits per heavy atom. The van der Waals surface area contributed by atoms with Crippen LogP contribution in [0.5, 0.6) is 0 Å². The van der Waals surface area contributed by atoms with Gasteiger partial charge in [0.15, 0.2) is 12.6 Å². The Morgan fingerprint density at radius 2 is 1.85 bits per heavy atom. The molecule has 3 rings (SSSR count). The van der Waals surface area contributed by atoms with Gasteiger partial charge in [-0.2, -0.15) is 17.6 Å². The standard InChI is InChI=1S/C13H14N2O4S/c1-9-3-5-12(6-4-9)20(16,17)15-8-11(7-14-15)13-18-10(2)19-13/h3-8,10,13H,1-2H3. The predicted octanol–water partition coefficient (Wildman–Crippen LogP) is 1.82. The number of aryl methyl sites for hydroxylation is 1. The van der Waals surface area contributed by atoms with E-state index < -0.39 is 16.3 Å². The van der Waals surface area contributed by atoms with Crippen molar-refractivity contribution in [2.24, 2.45) is 0 Å². The van der Waals surface area contributed by atoms with Gasteiger partial charge in [-0.05, 0) is 26.0 Å². The second-order valence-corrected chi connectivity index (χ2v) is 6.43. The molecule has 0 spiro atoms. The van der Waals surface area contributed by atoms with Gasteiger partial charge in [0.2, 0.25) is 0 Å². The fourth-order valence-corrected chi connectivity index (χ4v) is 3.03. The van der Waals surface area contributed by atoms with Crippen LogP contribution in [0.1, 0.15) is 24.3 Å². The summed E-state index contributed by atoms with van der Waals surface area (Å²) in [7, 11) is -3.67. The maximum absolute atomic E-state index is 12.4. The van der Waals surface area contributed by atoms with E-state index in [2.05, 4.69) is 5.10 Å². The first-order chi connectivity index (χ1) is 9.46. The minimum absolute atomic E-state index is 0.196. The Bertz CT molecular complexity index is 715. The summed E-state index contributed by atoms with van der Waals surface area (Å²) in [5.41, 5.74) is 1.58. The highest BCUT2D eigenvalue weighted by molar-refractivity contribution is 7.89. The fraction of sp³-hybridized carbons (Fsp3) is 0.308. The van der Waals surface area contributed by atoms with Crippen LogP contribution in [0.15, 0.2) is 41.6 Å². The second-order valence-electron chi connectivity index (χ2n) is 4.64. The van der Waals surface area contributed by atoms with Crippen molar-refractivity contribution in [2.45, 2.75) is 31.3 Å². The maximum Gasteiger partial charge on any atom is 0.282 e. The van der Waals surface area contributed by atoms with Crippen molar-refractivity contribution in [3.63, 3.8) is 0 Å². The van der Waals surface area contributed by atoms with Gasteiger partial charge in [-0.15, -0.1) is 0 Å². The lowest BCUT2D eigenvalue weighted by molar-refractivity contribution is -0.382. The molecule has 0 amide bonds. The summed E-state index contributed by atoms with van der Waals surface area (Å²) in [6.07, 6.45) is 2.04.